The molecule has 0 aromatic heterocycles. The van der Waals surface area contributed by atoms with Crippen molar-refractivity contribution in [2.24, 2.45) is 5.10 Å². The predicted octanol–water partition coefficient (Wildman–Crippen LogP) is 3.65. The number of carbonyl (C=O) groups is 1. The molecule has 0 unspecified atom stereocenters. The van der Waals surface area contributed by atoms with Gasteiger partial charge in [0, 0.05) is 11.3 Å². The van der Waals surface area contributed by atoms with Crippen LogP contribution >= 0.6 is 0 Å². The van der Waals surface area contributed by atoms with Gasteiger partial charge in [-0.15, -0.1) is 0 Å². The fourth-order valence-electron chi connectivity index (χ4n) is 2.55. The second-order valence-corrected chi connectivity index (χ2v) is 7.88. The minimum absolute atomic E-state index is 0.162. The van der Waals surface area contributed by atoms with Crippen LogP contribution in [0.1, 0.15) is 22.8 Å². The van der Waals surface area contributed by atoms with Gasteiger partial charge in [-0.05, 0) is 73.2 Å². The maximum Gasteiger partial charge on any atom is 0.271 e. The van der Waals surface area contributed by atoms with Crippen LogP contribution in [0, 0.1) is 0 Å². The van der Waals surface area contributed by atoms with E-state index in [2.05, 4.69) is 15.2 Å². The normalized spacial score (nSPS) is 11.2. The highest BCUT2D eigenvalue weighted by Gasteiger charge is 2.13. The molecule has 3 aromatic rings. The third-order valence-electron chi connectivity index (χ3n) is 4.02. The van der Waals surface area contributed by atoms with Gasteiger partial charge in [0.25, 0.3) is 15.9 Å². The van der Waals surface area contributed by atoms with Crippen molar-refractivity contribution in [3.63, 3.8) is 0 Å². The standard InChI is InChI=1S/C22H21N3O4S/c1-2-29-20-14-8-17(9-15-20)16-23-24-22(26)18-10-12-19(13-11-18)25-30(27,28)21-6-4-3-5-7-21/h3-16,25H,2H2,1H3,(H,24,26). The number of nitrogens with zero attached hydrogens (tertiary/aromatic N) is 1. The lowest BCUT2D eigenvalue weighted by atomic mass is 10.2. The average Bonchev–Trinajstić information content (AvgIpc) is 2.76. The molecular weight excluding hydrogens is 402 g/mol. The topological polar surface area (TPSA) is 96.9 Å². The van der Waals surface area contributed by atoms with E-state index in [1.54, 1.807) is 18.2 Å². The molecule has 3 aromatic carbocycles. The summed E-state index contributed by atoms with van der Waals surface area (Å²) in [6.07, 6.45) is 1.52. The van der Waals surface area contributed by atoms with Gasteiger partial charge in [0.2, 0.25) is 0 Å². The van der Waals surface area contributed by atoms with Gasteiger partial charge in [0.05, 0.1) is 17.7 Å². The molecular formula is C22H21N3O4S. The lowest BCUT2D eigenvalue weighted by Crippen LogP contribution is -2.18. The number of amides is 1. The van der Waals surface area contributed by atoms with Crippen molar-refractivity contribution < 1.29 is 17.9 Å². The molecule has 0 saturated heterocycles. The van der Waals surface area contributed by atoms with Crippen molar-refractivity contribution in [3.05, 3.63) is 90.0 Å². The Hall–Kier alpha value is -3.65. The van der Waals surface area contributed by atoms with Crippen LogP contribution < -0.4 is 14.9 Å². The molecule has 0 fully saturated rings. The molecule has 7 nitrogen and oxygen atoms in total. The number of anilines is 1. The second-order valence-electron chi connectivity index (χ2n) is 6.20. The highest BCUT2D eigenvalue weighted by molar-refractivity contribution is 7.92. The molecule has 0 aliphatic rings. The highest BCUT2D eigenvalue weighted by atomic mass is 32.2. The van der Waals surface area contributed by atoms with Gasteiger partial charge in [-0.3, -0.25) is 9.52 Å². The maximum atomic E-state index is 12.3. The van der Waals surface area contributed by atoms with E-state index in [9.17, 15) is 13.2 Å². The number of ether oxygens (including phenoxy) is 1. The number of rotatable bonds is 8. The van der Waals surface area contributed by atoms with Crippen LogP contribution in [0.3, 0.4) is 0 Å². The van der Waals surface area contributed by atoms with Gasteiger partial charge in [-0.1, -0.05) is 18.2 Å². The molecule has 0 heterocycles. The van der Waals surface area contributed by atoms with Crippen LogP contribution in [0.5, 0.6) is 5.75 Å². The van der Waals surface area contributed by atoms with E-state index >= 15 is 0 Å². The molecule has 8 heteroatoms. The van der Waals surface area contributed by atoms with E-state index in [0.717, 1.165) is 11.3 Å². The zero-order valence-electron chi connectivity index (χ0n) is 16.3. The molecule has 2 N–H and O–H groups in total. The SMILES string of the molecule is CCOc1ccc(C=NNC(=O)c2ccc(NS(=O)(=O)c3ccccc3)cc2)cc1. The number of hydrogen-bond acceptors (Lipinski definition) is 5. The first kappa shape index (κ1) is 21.1. The van der Waals surface area contributed by atoms with Crippen molar-refractivity contribution in [2.75, 3.05) is 11.3 Å². The van der Waals surface area contributed by atoms with E-state index in [-0.39, 0.29) is 4.90 Å². The van der Waals surface area contributed by atoms with E-state index in [1.165, 1.54) is 42.6 Å². The van der Waals surface area contributed by atoms with Gasteiger partial charge in [-0.2, -0.15) is 5.10 Å². The van der Waals surface area contributed by atoms with Crippen LogP contribution in [0.4, 0.5) is 5.69 Å². The number of hydrazone groups is 1. The summed E-state index contributed by atoms with van der Waals surface area (Å²) in [7, 11) is -3.68. The molecule has 154 valence electrons. The largest absolute Gasteiger partial charge is 0.494 e. The Balaban J connectivity index is 1.58. The minimum atomic E-state index is -3.68. The van der Waals surface area contributed by atoms with Crippen molar-refractivity contribution in [1.29, 1.82) is 0 Å². The van der Waals surface area contributed by atoms with Crippen molar-refractivity contribution in [1.82, 2.24) is 5.43 Å². The highest BCUT2D eigenvalue weighted by Crippen LogP contribution is 2.16. The van der Waals surface area contributed by atoms with Crippen LogP contribution in [-0.4, -0.2) is 27.1 Å². The van der Waals surface area contributed by atoms with Crippen LogP contribution in [0.15, 0.2) is 88.9 Å². The van der Waals surface area contributed by atoms with Crippen molar-refractivity contribution >= 4 is 27.8 Å². The number of benzene rings is 3. The van der Waals surface area contributed by atoms with Gasteiger partial charge < -0.3 is 4.74 Å². The number of sulfonamides is 1. The second kappa shape index (κ2) is 9.71. The third kappa shape index (κ3) is 5.68. The summed E-state index contributed by atoms with van der Waals surface area (Å²) >= 11 is 0. The van der Waals surface area contributed by atoms with E-state index in [0.29, 0.717) is 17.9 Å². The monoisotopic (exact) mass is 423 g/mol. The summed E-state index contributed by atoms with van der Waals surface area (Å²) in [6, 6.07) is 21.4. The predicted molar refractivity (Wildman–Crippen MR) is 116 cm³/mol. The number of nitrogens with one attached hydrogen (secondary N) is 2. The van der Waals surface area contributed by atoms with Crippen LogP contribution in [0.25, 0.3) is 0 Å². The smallest absolute Gasteiger partial charge is 0.271 e. The van der Waals surface area contributed by atoms with Crippen LogP contribution in [-0.2, 0) is 10.0 Å². The maximum absolute atomic E-state index is 12.3. The summed E-state index contributed by atoms with van der Waals surface area (Å²) < 4.78 is 32.5. The first-order valence-corrected chi connectivity index (χ1v) is 10.7. The van der Waals surface area contributed by atoms with Crippen molar-refractivity contribution in [3.8, 4) is 5.75 Å². The summed E-state index contributed by atoms with van der Waals surface area (Å²) in [4.78, 5) is 12.4. The van der Waals surface area contributed by atoms with E-state index < -0.39 is 15.9 Å². The summed E-state index contributed by atoms with van der Waals surface area (Å²) in [6.45, 7) is 2.51. The van der Waals surface area contributed by atoms with Gasteiger partial charge in [0.15, 0.2) is 0 Å². The molecule has 0 atom stereocenters. The summed E-state index contributed by atoms with van der Waals surface area (Å²) in [5.74, 6) is 0.358. The Bertz CT molecular complexity index is 1110. The van der Waals surface area contributed by atoms with Crippen molar-refractivity contribution in [2.45, 2.75) is 11.8 Å². The first-order chi connectivity index (χ1) is 14.5. The van der Waals surface area contributed by atoms with E-state index in [1.807, 2.05) is 31.2 Å². The van der Waals surface area contributed by atoms with E-state index in [4.69, 9.17) is 4.74 Å². The minimum Gasteiger partial charge on any atom is -0.494 e. The molecule has 30 heavy (non-hydrogen) atoms. The average molecular weight is 423 g/mol. The quantitative estimate of drug-likeness (QED) is 0.427. The Morgan fingerprint density at radius 2 is 1.63 bits per heavy atom. The number of hydrogen-bond donors (Lipinski definition) is 2. The Morgan fingerprint density at radius 3 is 2.27 bits per heavy atom. The zero-order chi connectivity index (χ0) is 21.4. The lowest BCUT2D eigenvalue weighted by Gasteiger charge is -2.08. The molecule has 0 aliphatic carbocycles. The fourth-order valence-corrected chi connectivity index (χ4v) is 3.63. The third-order valence-corrected chi connectivity index (χ3v) is 5.42. The van der Waals surface area contributed by atoms with Gasteiger partial charge in [0.1, 0.15) is 5.75 Å². The summed E-state index contributed by atoms with van der Waals surface area (Å²) in [5.41, 5.74) is 3.95. The zero-order valence-corrected chi connectivity index (χ0v) is 17.1. The molecule has 0 aliphatic heterocycles. The molecule has 1 amide bonds. The summed E-state index contributed by atoms with van der Waals surface area (Å²) in [5, 5.41) is 3.94. The fraction of sp³-hybridized carbons (Fsp3) is 0.0909. The Morgan fingerprint density at radius 1 is 0.967 bits per heavy atom. The first-order valence-electron chi connectivity index (χ1n) is 9.22. The van der Waals surface area contributed by atoms with Crippen LogP contribution in [0.2, 0.25) is 0 Å². The molecule has 0 radical (unpaired) electrons. The van der Waals surface area contributed by atoms with Gasteiger partial charge in [-0.25, -0.2) is 13.8 Å². The molecule has 0 saturated carbocycles. The van der Waals surface area contributed by atoms with Gasteiger partial charge >= 0.3 is 0 Å². The molecule has 0 bridgehead atoms. The Kier molecular flexibility index (Phi) is 6.82. The molecule has 3 rings (SSSR count). The Labute approximate surface area is 175 Å². The lowest BCUT2D eigenvalue weighted by molar-refractivity contribution is 0.0955. The molecule has 0 spiro atoms. The number of carbonyl (C=O) groups excluding carboxylic acids is 1.